The minimum Gasteiger partial charge on any atom is -0.384 e. The normalized spacial score (nSPS) is 24.9. The van der Waals surface area contributed by atoms with Gasteiger partial charge in [-0.3, -0.25) is 4.79 Å². The van der Waals surface area contributed by atoms with Crippen LogP contribution in [0.5, 0.6) is 0 Å². The zero-order valence-electron chi connectivity index (χ0n) is 10.8. The van der Waals surface area contributed by atoms with Crippen molar-refractivity contribution in [3.63, 3.8) is 0 Å². The third kappa shape index (κ3) is 2.50. The molecule has 1 aliphatic heterocycles. The highest BCUT2D eigenvalue weighted by molar-refractivity contribution is 6.21. The van der Waals surface area contributed by atoms with Gasteiger partial charge in [-0.25, -0.2) is 0 Å². The van der Waals surface area contributed by atoms with Crippen molar-refractivity contribution in [1.29, 1.82) is 0 Å². The molecule has 0 saturated carbocycles. The lowest BCUT2D eigenvalue weighted by atomic mass is 9.73. The Hall–Kier alpha value is -1.91. The maximum Gasteiger partial charge on any atom is 0.237 e. The van der Waals surface area contributed by atoms with Gasteiger partial charge in [0.25, 0.3) is 0 Å². The van der Waals surface area contributed by atoms with Gasteiger partial charge in [-0.2, -0.15) is 5.10 Å². The second-order valence-corrected chi connectivity index (χ2v) is 4.20. The van der Waals surface area contributed by atoms with E-state index in [-0.39, 0.29) is 11.8 Å². The van der Waals surface area contributed by atoms with E-state index in [0.29, 0.717) is 0 Å². The number of carbonyl (C=O) groups is 1. The van der Waals surface area contributed by atoms with E-state index in [4.69, 9.17) is 11.5 Å². The van der Waals surface area contributed by atoms with Crippen LogP contribution in [0.15, 0.2) is 34.5 Å². The summed E-state index contributed by atoms with van der Waals surface area (Å²) in [5.41, 5.74) is 10.2. The molecular formula is C13H20N4O. The van der Waals surface area contributed by atoms with Crippen LogP contribution in [-0.2, 0) is 4.79 Å². The van der Waals surface area contributed by atoms with Gasteiger partial charge in [0, 0.05) is 5.92 Å². The monoisotopic (exact) mass is 248 g/mol. The van der Waals surface area contributed by atoms with Crippen LogP contribution in [0.1, 0.15) is 26.7 Å². The number of carbonyl (C=O) groups excluding carboxylic acids is 1. The average molecular weight is 248 g/mol. The van der Waals surface area contributed by atoms with Crippen molar-refractivity contribution in [3.05, 3.63) is 24.3 Å². The van der Waals surface area contributed by atoms with E-state index in [1.165, 1.54) is 6.21 Å². The van der Waals surface area contributed by atoms with E-state index in [1.54, 1.807) is 0 Å². The topological polar surface area (TPSA) is 93.8 Å². The lowest BCUT2D eigenvalue weighted by Crippen LogP contribution is -2.51. The minimum atomic E-state index is -1.08. The van der Waals surface area contributed by atoms with Crippen LogP contribution in [0.4, 0.5) is 0 Å². The summed E-state index contributed by atoms with van der Waals surface area (Å²) in [4.78, 5) is 11.7. The van der Waals surface area contributed by atoms with E-state index < -0.39 is 11.3 Å². The third-order valence-electron chi connectivity index (χ3n) is 3.11. The summed E-state index contributed by atoms with van der Waals surface area (Å²) in [5, 5.41) is 7.47. The Morgan fingerprint density at radius 1 is 1.50 bits per heavy atom. The van der Waals surface area contributed by atoms with Gasteiger partial charge in [0.15, 0.2) is 5.41 Å². The Morgan fingerprint density at radius 2 is 2.22 bits per heavy atom. The molecule has 1 amide bonds. The number of amides is 1. The smallest absolute Gasteiger partial charge is 0.237 e. The quantitative estimate of drug-likeness (QED) is 0.694. The van der Waals surface area contributed by atoms with Crippen LogP contribution in [0.3, 0.4) is 0 Å². The van der Waals surface area contributed by atoms with Crippen LogP contribution in [0.2, 0.25) is 0 Å². The molecule has 98 valence electrons. The van der Waals surface area contributed by atoms with E-state index in [0.717, 1.165) is 12.8 Å². The molecule has 0 spiro atoms. The summed E-state index contributed by atoms with van der Waals surface area (Å²) in [6, 6.07) is 0. The van der Waals surface area contributed by atoms with Crippen molar-refractivity contribution >= 4 is 18.0 Å². The molecule has 0 aliphatic carbocycles. The number of hydrogen-bond acceptors (Lipinski definition) is 4. The lowest BCUT2D eigenvalue weighted by molar-refractivity contribution is -0.122. The SMILES string of the molecule is CC/C=C/C=CC(CC)C1(C(N)=O)C=NN=C1N. The first-order chi connectivity index (χ1) is 8.59. The van der Waals surface area contributed by atoms with Crippen molar-refractivity contribution in [2.75, 3.05) is 0 Å². The van der Waals surface area contributed by atoms with Crippen molar-refractivity contribution in [1.82, 2.24) is 0 Å². The van der Waals surface area contributed by atoms with E-state index in [1.807, 2.05) is 31.2 Å². The highest BCUT2D eigenvalue weighted by Crippen LogP contribution is 2.32. The van der Waals surface area contributed by atoms with Crippen molar-refractivity contribution < 1.29 is 4.79 Å². The Labute approximate surface area is 107 Å². The molecule has 5 heteroatoms. The Balaban J connectivity index is 3.01. The van der Waals surface area contributed by atoms with Crippen LogP contribution >= 0.6 is 0 Å². The molecule has 1 rings (SSSR count). The molecule has 0 radical (unpaired) electrons. The summed E-state index contributed by atoms with van der Waals surface area (Å²) in [7, 11) is 0. The summed E-state index contributed by atoms with van der Waals surface area (Å²) in [6.45, 7) is 4.03. The number of rotatable bonds is 6. The number of nitrogens with two attached hydrogens (primary N) is 2. The number of hydrogen-bond donors (Lipinski definition) is 2. The first-order valence-corrected chi connectivity index (χ1v) is 6.10. The minimum absolute atomic E-state index is 0.133. The Morgan fingerprint density at radius 3 is 2.67 bits per heavy atom. The van der Waals surface area contributed by atoms with E-state index in [2.05, 4.69) is 17.1 Å². The second-order valence-electron chi connectivity index (χ2n) is 4.20. The molecule has 0 bridgehead atoms. The second kappa shape index (κ2) is 6.14. The van der Waals surface area contributed by atoms with Crippen molar-refractivity contribution in [3.8, 4) is 0 Å². The van der Waals surface area contributed by atoms with Crippen molar-refractivity contribution in [2.45, 2.75) is 26.7 Å². The van der Waals surface area contributed by atoms with Crippen molar-refractivity contribution in [2.24, 2.45) is 33.0 Å². The first kappa shape index (κ1) is 14.2. The molecule has 0 aromatic carbocycles. The average Bonchev–Trinajstić information content (AvgIpc) is 2.72. The molecule has 5 nitrogen and oxygen atoms in total. The van der Waals surface area contributed by atoms with Gasteiger partial charge in [0.05, 0.1) is 6.21 Å². The number of allylic oxidation sites excluding steroid dienone is 4. The van der Waals surface area contributed by atoms with Gasteiger partial charge in [-0.15, -0.1) is 5.10 Å². The van der Waals surface area contributed by atoms with Gasteiger partial charge in [-0.1, -0.05) is 38.2 Å². The highest BCUT2D eigenvalue weighted by Gasteiger charge is 2.47. The molecule has 0 fully saturated rings. The Bertz CT molecular complexity index is 423. The van der Waals surface area contributed by atoms with E-state index >= 15 is 0 Å². The van der Waals surface area contributed by atoms with Crippen LogP contribution in [0.25, 0.3) is 0 Å². The molecule has 0 aromatic heterocycles. The molecule has 4 N–H and O–H groups in total. The molecule has 18 heavy (non-hydrogen) atoms. The summed E-state index contributed by atoms with van der Waals surface area (Å²) >= 11 is 0. The summed E-state index contributed by atoms with van der Waals surface area (Å²) in [5.74, 6) is -0.474. The van der Waals surface area contributed by atoms with Crippen LogP contribution in [0, 0.1) is 11.3 Å². The molecule has 0 aromatic rings. The van der Waals surface area contributed by atoms with Crippen LogP contribution < -0.4 is 11.5 Å². The molecule has 1 heterocycles. The molecule has 1 aliphatic rings. The van der Waals surface area contributed by atoms with Gasteiger partial charge >= 0.3 is 0 Å². The predicted octanol–water partition coefficient (Wildman–Crippen LogP) is 1.36. The van der Waals surface area contributed by atoms with Gasteiger partial charge in [0.1, 0.15) is 5.84 Å². The van der Waals surface area contributed by atoms with Gasteiger partial charge in [-0.05, 0) is 12.8 Å². The lowest BCUT2D eigenvalue weighted by Gasteiger charge is -2.28. The highest BCUT2D eigenvalue weighted by atomic mass is 16.1. The predicted molar refractivity (Wildman–Crippen MR) is 74.1 cm³/mol. The zero-order chi connectivity index (χ0) is 13.6. The fourth-order valence-electron chi connectivity index (χ4n) is 2.01. The molecule has 2 unspecified atom stereocenters. The standard InChI is InChI=1S/C13H20N4O/c1-3-5-6-7-8-10(4-2)13(12(15)18)9-16-17-11(13)14/h5-10H,3-4H2,1-2H3,(H2,14,17)(H2,15,18)/b6-5+,8-7?. The fourth-order valence-corrected chi connectivity index (χ4v) is 2.01. The Kier molecular flexibility index (Phi) is 4.83. The number of nitrogens with zero attached hydrogens (tertiary/aromatic N) is 2. The zero-order valence-corrected chi connectivity index (χ0v) is 10.8. The first-order valence-electron chi connectivity index (χ1n) is 6.10. The van der Waals surface area contributed by atoms with Gasteiger partial charge in [0.2, 0.25) is 5.91 Å². The summed E-state index contributed by atoms with van der Waals surface area (Å²) in [6.07, 6.45) is 10.9. The largest absolute Gasteiger partial charge is 0.384 e. The number of primary amides is 1. The number of amidine groups is 1. The molecule has 0 saturated heterocycles. The fraction of sp³-hybridized carbons (Fsp3) is 0.462. The summed E-state index contributed by atoms with van der Waals surface area (Å²) < 4.78 is 0. The maximum atomic E-state index is 11.7. The molecule has 2 atom stereocenters. The maximum absolute atomic E-state index is 11.7. The molecular weight excluding hydrogens is 228 g/mol. The third-order valence-corrected chi connectivity index (χ3v) is 3.11. The van der Waals surface area contributed by atoms with Gasteiger partial charge < -0.3 is 11.5 Å². The van der Waals surface area contributed by atoms with E-state index in [9.17, 15) is 4.79 Å². The van der Waals surface area contributed by atoms with Crippen LogP contribution in [-0.4, -0.2) is 18.0 Å².